The number of aromatic nitrogens is 1. The molecule has 0 aliphatic heterocycles. The van der Waals surface area contributed by atoms with Crippen LogP contribution in [0.25, 0.3) is 0 Å². The molecule has 1 unspecified atom stereocenters. The lowest BCUT2D eigenvalue weighted by molar-refractivity contribution is -0.137. The molecule has 0 saturated carbocycles. The van der Waals surface area contributed by atoms with Gasteiger partial charge in [0.15, 0.2) is 5.89 Å². The zero-order valence-corrected chi connectivity index (χ0v) is 10.2. The van der Waals surface area contributed by atoms with Crippen LogP contribution in [0.5, 0.6) is 0 Å². The van der Waals surface area contributed by atoms with Gasteiger partial charge in [0.05, 0.1) is 17.8 Å². The highest BCUT2D eigenvalue weighted by Gasteiger charge is 2.30. The first kappa shape index (κ1) is 13.6. The van der Waals surface area contributed by atoms with E-state index in [9.17, 15) is 13.2 Å². The van der Waals surface area contributed by atoms with Gasteiger partial charge < -0.3 is 10.2 Å². The van der Waals surface area contributed by atoms with Crippen LogP contribution in [0, 0.1) is 0 Å². The van der Waals surface area contributed by atoms with E-state index < -0.39 is 11.7 Å². The Morgan fingerprint density at radius 1 is 1.37 bits per heavy atom. The van der Waals surface area contributed by atoms with Gasteiger partial charge in [0, 0.05) is 6.42 Å². The minimum atomic E-state index is -4.34. The van der Waals surface area contributed by atoms with Gasteiger partial charge in [0.1, 0.15) is 5.76 Å². The van der Waals surface area contributed by atoms with Crippen LogP contribution in [0.2, 0.25) is 0 Å². The summed E-state index contributed by atoms with van der Waals surface area (Å²) in [5.41, 5.74) is 5.44. The minimum Gasteiger partial charge on any atom is -0.444 e. The molecule has 0 radical (unpaired) electrons. The zero-order chi connectivity index (χ0) is 14.0. The SMILES string of the molecule is CC(N)c1cnc(Cc2cccc(C(F)(F)F)c2)o1. The van der Waals surface area contributed by atoms with Crippen LogP contribution in [0.15, 0.2) is 34.9 Å². The molecular weight excluding hydrogens is 257 g/mol. The molecule has 1 aromatic heterocycles. The molecule has 0 aliphatic carbocycles. The topological polar surface area (TPSA) is 52.0 Å². The fraction of sp³-hybridized carbons (Fsp3) is 0.308. The Morgan fingerprint density at radius 3 is 2.68 bits per heavy atom. The average Bonchev–Trinajstić information content (AvgIpc) is 2.77. The van der Waals surface area contributed by atoms with Crippen molar-refractivity contribution in [2.75, 3.05) is 0 Å². The smallest absolute Gasteiger partial charge is 0.416 e. The van der Waals surface area contributed by atoms with Crippen LogP contribution >= 0.6 is 0 Å². The summed E-state index contributed by atoms with van der Waals surface area (Å²) in [6.07, 6.45) is -2.65. The van der Waals surface area contributed by atoms with E-state index in [1.165, 1.54) is 12.3 Å². The van der Waals surface area contributed by atoms with E-state index in [1.54, 1.807) is 13.0 Å². The van der Waals surface area contributed by atoms with E-state index in [1.807, 2.05) is 0 Å². The average molecular weight is 270 g/mol. The Kier molecular flexibility index (Phi) is 3.61. The number of halogens is 3. The van der Waals surface area contributed by atoms with Crippen molar-refractivity contribution in [3.63, 3.8) is 0 Å². The Bertz CT molecular complexity index is 561. The van der Waals surface area contributed by atoms with Crippen molar-refractivity contribution < 1.29 is 17.6 Å². The van der Waals surface area contributed by atoms with Crippen molar-refractivity contribution in [3.8, 4) is 0 Å². The number of alkyl halides is 3. The van der Waals surface area contributed by atoms with E-state index in [0.717, 1.165) is 12.1 Å². The normalized spacial score (nSPS) is 13.5. The second-order valence-electron chi connectivity index (χ2n) is 4.32. The van der Waals surface area contributed by atoms with Crippen LogP contribution in [-0.2, 0) is 12.6 Å². The van der Waals surface area contributed by atoms with E-state index >= 15 is 0 Å². The molecule has 0 saturated heterocycles. The monoisotopic (exact) mass is 270 g/mol. The Labute approximate surface area is 108 Å². The molecular formula is C13H13F3N2O. The molecule has 19 heavy (non-hydrogen) atoms. The maximum Gasteiger partial charge on any atom is 0.416 e. The summed E-state index contributed by atoms with van der Waals surface area (Å²) >= 11 is 0. The fourth-order valence-corrected chi connectivity index (χ4v) is 1.65. The molecule has 0 spiro atoms. The molecule has 2 rings (SSSR count). The lowest BCUT2D eigenvalue weighted by atomic mass is 10.1. The van der Waals surface area contributed by atoms with Gasteiger partial charge in [-0.3, -0.25) is 0 Å². The van der Waals surface area contributed by atoms with Gasteiger partial charge in [-0.05, 0) is 18.6 Å². The predicted octanol–water partition coefficient (Wildman–Crippen LogP) is 3.30. The number of benzene rings is 1. The summed E-state index contributed by atoms with van der Waals surface area (Å²) in [4.78, 5) is 4.00. The van der Waals surface area contributed by atoms with E-state index in [4.69, 9.17) is 10.2 Å². The summed E-state index contributed by atoms with van der Waals surface area (Å²) in [6.45, 7) is 1.74. The Balaban J connectivity index is 2.19. The Hall–Kier alpha value is -1.82. The highest BCUT2D eigenvalue weighted by Crippen LogP contribution is 2.30. The lowest BCUT2D eigenvalue weighted by Crippen LogP contribution is -2.05. The number of nitrogens with two attached hydrogens (primary N) is 1. The van der Waals surface area contributed by atoms with Gasteiger partial charge in [0.2, 0.25) is 0 Å². The quantitative estimate of drug-likeness (QED) is 0.931. The number of hydrogen-bond donors (Lipinski definition) is 1. The second-order valence-corrected chi connectivity index (χ2v) is 4.32. The molecule has 102 valence electrons. The minimum absolute atomic E-state index is 0.205. The van der Waals surface area contributed by atoms with Gasteiger partial charge in [-0.1, -0.05) is 18.2 Å². The lowest BCUT2D eigenvalue weighted by Gasteiger charge is -2.07. The molecule has 3 nitrogen and oxygen atoms in total. The number of hydrogen-bond acceptors (Lipinski definition) is 3. The molecule has 1 heterocycles. The van der Waals surface area contributed by atoms with Gasteiger partial charge in [-0.25, -0.2) is 4.98 Å². The molecule has 0 bridgehead atoms. The maximum atomic E-state index is 12.6. The van der Waals surface area contributed by atoms with Gasteiger partial charge >= 0.3 is 6.18 Å². The van der Waals surface area contributed by atoms with Crippen LogP contribution in [-0.4, -0.2) is 4.98 Å². The zero-order valence-electron chi connectivity index (χ0n) is 10.2. The molecule has 6 heteroatoms. The summed E-state index contributed by atoms with van der Waals surface area (Å²) in [5.74, 6) is 0.869. The molecule has 2 N–H and O–H groups in total. The first-order valence-corrected chi connectivity index (χ1v) is 5.72. The van der Waals surface area contributed by atoms with Crippen molar-refractivity contribution >= 4 is 0 Å². The largest absolute Gasteiger partial charge is 0.444 e. The molecule has 0 amide bonds. The van der Waals surface area contributed by atoms with Crippen LogP contribution in [0.4, 0.5) is 13.2 Å². The summed E-state index contributed by atoms with van der Waals surface area (Å²) < 4.78 is 43.0. The molecule has 0 aliphatic rings. The van der Waals surface area contributed by atoms with Crippen molar-refractivity contribution in [1.82, 2.24) is 4.98 Å². The number of nitrogens with zero attached hydrogens (tertiary/aromatic N) is 1. The third-order valence-electron chi connectivity index (χ3n) is 2.63. The number of rotatable bonds is 3. The highest BCUT2D eigenvalue weighted by atomic mass is 19.4. The van der Waals surface area contributed by atoms with Crippen molar-refractivity contribution in [2.24, 2.45) is 5.73 Å². The maximum absolute atomic E-state index is 12.6. The summed E-state index contributed by atoms with van der Waals surface area (Å²) in [7, 11) is 0. The molecule has 2 aromatic rings. The summed E-state index contributed by atoms with van der Waals surface area (Å²) in [6, 6.07) is 4.81. The van der Waals surface area contributed by atoms with Crippen LogP contribution < -0.4 is 5.73 Å². The molecule has 1 aromatic carbocycles. The first-order valence-electron chi connectivity index (χ1n) is 5.72. The first-order chi connectivity index (χ1) is 8.86. The van der Waals surface area contributed by atoms with Gasteiger partial charge in [-0.15, -0.1) is 0 Å². The van der Waals surface area contributed by atoms with Crippen molar-refractivity contribution in [3.05, 3.63) is 53.2 Å². The van der Waals surface area contributed by atoms with E-state index in [0.29, 0.717) is 17.2 Å². The predicted molar refractivity (Wildman–Crippen MR) is 63.4 cm³/mol. The number of oxazole rings is 1. The van der Waals surface area contributed by atoms with Gasteiger partial charge in [0.25, 0.3) is 0 Å². The fourth-order valence-electron chi connectivity index (χ4n) is 1.65. The van der Waals surface area contributed by atoms with Crippen molar-refractivity contribution in [1.29, 1.82) is 0 Å². The third kappa shape index (κ3) is 3.35. The van der Waals surface area contributed by atoms with Crippen LogP contribution in [0.1, 0.15) is 35.7 Å². The van der Waals surface area contributed by atoms with Crippen molar-refractivity contribution in [2.45, 2.75) is 25.6 Å². The summed E-state index contributed by atoms with van der Waals surface area (Å²) in [5, 5.41) is 0. The Morgan fingerprint density at radius 2 is 2.11 bits per heavy atom. The van der Waals surface area contributed by atoms with E-state index in [-0.39, 0.29) is 12.5 Å². The van der Waals surface area contributed by atoms with Crippen LogP contribution in [0.3, 0.4) is 0 Å². The third-order valence-corrected chi connectivity index (χ3v) is 2.63. The highest BCUT2D eigenvalue weighted by molar-refractivity contribution is 5.27. The molecule has 1 atom stereocenters. The second kappa shape index (κ2) is 5.05. The standard InChI is InChI=1S/C13H13F3N2O/c1-8(17)11-7-18-12(19-11)6-9-3-2-4-10(5-9)13(14,15)16/h2-5,7-8H,6,17H2,1H3. The molecule has 0 fully saturated rings. The van der Waals surface area contributed by atoms with E-state index in [2.05, 4.69) is 4.98 Å². The van der Waals surface area contributed by atoms with Gasteiger partial charge in [-0.2, -0.15) is 13.2 Å².